The van der Waals surface area contributed by atoms with E-state index < -0.39 is 6.03 Å². The van der Waals surface area contributed by atoms with Gasteiger partial charge in [0.2, 0.25) is 0 Å². The van der Waals surface area contributed by atoms with Gasteiger partial charge in [0.25, 0.3) is 0 Å². The van der Waals surface area contributed by atoms with Crippen molar-refractivity contribution in [1.29, 1.82) is 0 Å². The van der Waals surface area contributed by atoms with Gasteiger partial charge in [-0.1, -0.05) is 55.9 Å². The number of urea groups is 1. The second kappa shape index (κ2) is 20.4. The summed E-state index contributed by atoms with van der Waals surface area (Å²) in [6.07, 6.45) is 22.1. The fourth-order valence-electron chi connectivity index (χ4n) is 2.59. The lowest BCUT2D eigenvalue weighted by atomic mass is 10.1. The van der Waals surface area contributed by atoms with Crippen LogP contribution in [0, 0.1) is 0 Å². The van der Waals surface area contributed by atoms with Gasteiger partial charge >= 0.3 is 6.03 Å². The van der Waals surface area contributed by atoms with Gasteiger partial charge in [0, 0.05) is 26.9 Å². The van der Waals surface area contributed by atoms with E-state index in [1.165, 1.54) is 64.2 Å². The standard InChI is InChI=1S/C20H40N6O/c1-26(2)25-24-23-19-17-15-13-11-9-7-5-3-4-6-8-10-12-14-16-18-22-20(21)27/h3-4,19H,5-18H2,1-2H3,(H3,21,22,27). The number of unbranched alkanes of at least 4 members (excludes halogenated alkanes) is 11. The third-order valence-electron chi connectivity index (χ3n) is 4.07. The zero-order valence-corrected chi connectivity index (χ0v) is 17.4. The van der Waals surface area contributed by atoms with Crippen LogP contribution < -0.4 is 11.1 Å². The van der Waals surface area contributed by atoms with E-state index in [9.17, 15) is 4.79 Å². The van der Waals surface area contributed by atoms with E-state index in [2.05, 4.69) is 33.0 Å². The molecule has 0 saturated carbocycles. The predicted molar refractivity (Wildman–Crippen MR) is 114 cm³/mol. The SMILES string of the molecule is CN(C)N=NN=CCCCCCCCC=CCCCCCCCNC(N)=O. The number of carbonyl (C=O) groups excluding carboxylic acids is 1. The van der Waals surface area contributed by atoms with Gasteiger partial charge in [0.1, 0.15) is 0 Å². The summed E-state index contributed by atoms with van der Waals surface area (Å²) >= 11 is 0. The largest absolute Gasteiger partial charge is 0.352 e. The fourth-order valence-corrected chi connectivity index (χ4v) is 2.59. The number of primary amides is 1. The van der Waals surface area contributed by atoms with Crippen LogP contribution in [0.15, 0.2) is 27.7 Å². The molecule has 0 aliphatic heterocycles. The summed E-state index contributed by atoms with van der Waals surface area (Å²) < 4.78 is 0. The van der Waals surface area contributed by atoms with Crippen LogP contribution in [0.3, 0.4) is 0 Å². The summed E-state index contributed by atoms with van der Waals surface area (Å²) in [5, 5.41) is 15.6. The van der Waals surface area contributed by atoms with Crippen molar-refractivity contribution in [2.24, 2.45) is 21.3 Å². The Morgan fingerprint density at radius 2 is 1.37 bits per heavy atom. The highest BCUT2D eigenvalue weighted by Crippen LogP contribution is 2.09. The topological polar surface area (TPSA) is 95.4 Å². The van der Waals surface area contributed by atoms with Crippen LogP contribution in [0.25, 0.3) is 0 Å². The first-order valence-corrected chi connectivity index (χ1v) is 10.4. The number of hydrogen-bond donors (Lipinski definition) is 2. The molecule has 0 aliphatic carbocycles. The number of amides is 2. The second-order valence-corrected chi connectivity index (χ2v) is 6.99. The van der Waals surface area contributed by atoms with E-state index in [-0.39, 0.29) is 0 Å². The van der Waals surface area contributed by atoms with Crippen LogP contribution >= 0.6 is 0 Å². The molecule has 0 heterocycles. The van der Waals surface area contributed by atoms with Gasteiger partial charge in [0.15, 0.2) is 0 Å². The van der Waals surface area contributed by atoms with Crippen LogP contribution in [-0.2, 0) is 0 Å². The number of rotatable bonds is 18. The van der Waals surface area contributed by atoms with Gasteiger partial charge in [-0.3, -0.25) is 5.01 Å². The number of nitrogens with two attached hydrogens (primary N) is 1. The van der Waals surface area contributed by atoms with Crippen LogP contribution in [0.1, 0.15) is 83.5 Å². The molecule has 0 bridgehead atoms. The molecule has 27 heavy (non-hydrogen) atoms. The number of hydrogen-bond acceptors (Lipinski definition) is 3. The van der Waals surface area contributed by atoms with Crippen molar-refractivity contribution >= 4 is 12.2 Å². The summed E-state index contributed by atoms with van der Waals surface area (Å²) in [5.41, 5.74) is 5.01. The zero-order valence-electron chi connectivity index (χ0n) is 17.4. The van der Waals surface area contributed by atoms with Crippen LogP contribution in [0.5, 0.6) is 0 Å². The molecule has 0 fully saturated rings. The number of carbonyl (C=O) groups is 1. The molecular weight excluding hydrogens is 340 g/mol. The van der Waals surface area contributed by atoms with E-state index >= 15 is 0 Å². The molecule has 0 rings (SSSR count). The van der Waals surface area contributed by atoms with Crippen molar-refractivity contribution in [3.05, 3.63) is 12.2 Å². The Morgan fingerprint density at radius 1 is 0.852 bits per heavy atom. The Hall–Kier alpha value is -1.92. The summed E-state index contributed by atoms with van der Waals surface area (Å²) in [6, 6.07) is -0.422. The van der Waals surface area contributed by atoms with Gasteiger partial charge in [-0.2, -0.15) is 0 Å². The third-order valence-corrected chi connectivity index (χ3v) is 4.07. The van der Waals surface area contributed by atoms with Gasteiger partial charge in [0.05, 0.1) is 0 Å². The molecule has 3 N–H and O–H groups in total. The second-order valence-electron chi connectivity index (χ2n) is 6.99. The Balaban J connectivity index is 3.20. The Kier molecular flexibility index (Phi) is 18.9. The lowest BCUT2D eigenvalue weighted by Crippen LogP contribution is -2.29. The summed E-state index contributed by atoms with van der Waals surface area (Å²) in [4.78, 5) is 10.5. The molecule has 0 radical (unpaired) electrons. The molecule has 0 saturated heterocycles. The minimum atomic E-state index is -0.422. The predicted octanol–water partition coefficient (Wildman–Crippen LogP) is 5.20. The minimum Gasteiger partial charge on any atom is -0.352 e. The summed E-state index contributed by atoms with van der Waals surface area (Å²) in [6.45, 7) is 0.700. The average Bonchev–Trinajstić information content (AvgIpc) is 2.62. The molecule has 0 unspecified atom stereocenters. The number of nitrogens with zero attached hydrogens (tertiary/aromatic N) is 4. The van der Waals surface area contributed by atoms with Crippen molar-refractivity contribution in [1.82, 2.24) is 10.3 Å². The van der Waals surface area contributed by atoms with Gasteiger partial charge < -0.3 is 11.1 Å². The number of allylic oxidation sites excluding steroid dienone is 2. The minimum absolute atomic E-state index is 0.422. The maximum absolute atomic E-state index is 10.5. The highest BCUT2D eigenvalue weighted by molar-refractivity contribution is 5.71. The smallest absolute Gasteiger partial charge is 0.312 e. The Labute approximate surface area is 165 Å². The Bertz CT molecular complexity index is 421. The zero-order chi connectivity index (χ0) is 20.0. The maximum atomic E-state index is 10.5. The van der Waals surface area contributed by atoms with Crippen molar-refractivity contribution < 1.29 is 4.79 Å². The molecule has 7 heteroatoms. The Morgan fingerprint density at radius 3 is 1.93 bits per heavy atom. The van der Waals surface area contributed by atoms with Gasteiger partial charge in [-0.15, -0.1) is 5.10 Å². The molecule has 0 atom stereocenters. The first-order valence-electron chi connectivity index (χ1n) is 10.4. The third kappa shape index (κ3) is 24.1. The number of nitrogens with one attached hydrogen (secondary N) is 1. The first kappa shape index (κ1) is 25.1. The molecule has 0 aromatic carbocycles. The van der Waals surface area contributed by atoms with E-state index in [0.717, 1.165) is 19.3 Å². The highest BCUT2D eigenvalue weighted by Gasteiger charge is 1.93. The average molecular weight is 381 g/mol. The van der Waals surface area contributed by atoms with Crippen molar-refractivity contribution in [2.45, 2.75) is 83.5 Å². The van der Waals surface area contributed by atoms with Crippen molar-refractivity contribution in [3.8, 4) is 0 Å². The lowest BCUT2D eigenvalue weighted by molar-refractivity contribution is 0.248. The van der Waals surface area contributed by atoms with Gasteiger partial charge in [-0.25, -0.2) is 4.79 Å². The first-order chi connectivity index (χ1) is 13.1. The monoisotopic (exact) mass is 380 g/mol. The van der Waals surface area contributed by atoms with Crippen molar-refractivity contribution in [2.75, 3.05) is 20.6 Å². The summed E-state index contributed by atoms with van der Waals surface area (Å²) in [5.74, 6) is 0. The fraction of sp³-hybridized carbons (Fsp3) is 0.800. The van der Waals surface area contributed by atoms with Gasteiger partial charge in [-0.05, 0) is 50.2 Å². The van der Waals surface area contributed by atoms with E-state index in [4.69, 9.17) is 5.73 Å². The van der Waals surface area contributed by atoms with E-state index in [1.54, 1.807) is 5.01 Å². The van der Waals surface area contributed by atoms with Crippen molar-refractivity contribution in [3.63, 3.8) is 0 Å². The molecule has 0 aliphatic rings. The molecular formula is C20H40N6O. The quantitative estimate of drug-likeness (QED) is 0.112. The van der Waals surface area contributed by atoms with Crippen LogP contribution in [0.2, 0.25) is 0 Å². The normalized spacial score (nSPS) is 11.8. The molecule has 2 amide bonds. The highest BCUT2D eigenvalue weighted by atomic mass is 16.2. The lowest BCUT2D eigenvalue weighted by Gasteiger charge is -2.01. The maximum Gasteiger partial charge on any atom is 0.312 e. The molecule has 0 aromatic rings. The van der Waals surface area contributed by atoms with Crippen LogP contribution in [-0.4, -0.2) is 37.9 Å². The van der Waals surface area contributed by atoms with E-state index in [1.807, 2.05) is 20.3 Å². The van der Waals surface area contributed by atoms with Crippen LogP contribution in [0.4, 0.5) is 4.79 Å². The summed E-state index contributed by atoms with van der Waals surface area (Å²) in [7, 11) is 3.65. The molecule has 0 spiro atoms. The van der Waals surface area contributed by atoms with E-state index in [0.29, 0.717) is 6.54 Å². The molecule has 0 aromatic heterocycles. The molecule has 156 valence electrons. The molecule has 7 nitrogen and oxygen atoms in total.